The van der Waals surface area contributed by atoms with E-state index in [4.69, 9.17) is 11.6 Å². The van der Waals surface area contributed by atoms with Crippen LogP contribution < -0.4 is 0 Å². The Bertz CT molecular complexity index is 375. The van der Waals surface area contributed by atoms with Gasteiger partial charge in [0.25, 0.3) is 0 Å². The SMILES string of the molecule is CCCCN(CCCl)C(=O)CCc1ccc(C)cc1. The predicted molar refractivity (Wildman–Crippen MR) is 81.7 cm³/mol. The standard InChI is InChI=1S/C16H24ClNO/c1-3-4-12-18(13-11-17)16(19)10-9-15-7-5-14(2)6-8-15/h5-8H,3-4,9-13H2,1-2H3. The first-order chi connectivity index (χ1) is 9.17. The molecule has 0 fully saturated rings. The zero-order valence-corrected chi connectivity index (χ0v) is 12.7. The van der Waals surface area contributed by atoms with E-state index in [-0.39, 0.29) is 5.91 Å². The van der Waals surface area contributed by atoms with Crippen LogP contribution >= 0.6 is 11.6 Å². The fourth-order valence-electron chi connectivity index (χ4n) is 1.98. The quantitative estimate of drug-likeness (QED) is 0.664. The number of benzene rings is 1. The van der Waals surface area contributed by atoms with Crippen molar-refractivity contribution in [3.05, 3.63) is 35.4 Å². The Morgan fingerprint density at radius 1 is 1.21 bits per heavy atom. The lowest BCUT2D eigenvalue weighted by atomic mass is 10.1. The molecule has 106 valence electrons. The summed E-state index contributed by atoms with van der Waals surface area (Å²) in [4.78, 5) is 14.0. The first-order valence-corrected chi connectivity index (χ1v) is 7.60. The van der Waals surface area contributed by atoms with E-state index >= 15 is 0 Å². The molecule has 1 rings (SSSR count). The number of nitrogens with zero attached hydrogens (tertiary/aromatic N) is 1. The van der Waals surface area contributed by atoms with Crippen LogP contribution in [-0.4, -0.2) is 29.8 Å². The Hall–Kier alpha value is -1.02. The summed E-state index contributed by atoms with van der Waals surface area (Å²) in [6.07, 6.45) is 3.53. The summed E-state index contributed by atoms with van der Waals surface area (Å²) in [6, 6.07) is 8.38. The van der Waals surface area contributed by atoms with Crippen LogP contribution in [0.4, 0.5) is 0 Å². The summed E-state index contributed by atoms with van der Waals surface area (Å²) in [7, 11) is 0. The van der Waals surface area contributed by atoms with Crippen LogP contribution in [0.1, 0.15) is 37.3 Å². The topological polar surface area (TPSA) is 20.3 Å². The van der Waals surface area contributed by atoms with Crippen LogP contribution in [0.25, 0.3) is 0 Å². The van der Waals surface area contributed by atoms with Crippen LogP contribution in [0.3, 0.4) is 0 Å². The van der Waals surface area contributed by atoms with Crippen molar-refractivity contribution >= 4 is 17.5 Å². The molecule has 0 radical (unpaired) electrons. The van der Waals surface area contributed by atoms with E-state index in [0.29, 0.717) is 18.8 Å². The summed E-state index contributed by atoms with van der Waals surface area (Å²) in [5.74, 6) is 0.731. The van der Waals surface area contributed by atoms with Crippen molar-refractivity contribution in [3.8, 4) is 0 Å². The van der Waals surface area contributed by atoms with Crippen LogP contribution in [0.2, 0.25) is 0 Å². The molecule has 0 bridgehead atoms. The van der Waals surface area contributed by atoms with Crippen molar-refractivity contribution in [3.63, 3.8) is 0 Å². The van der Waals surface area contributed by atoms with E-state index in [9.17, 15) is 4.79 Å². The van der Waals surface area contributed by atoms with E-state index in [0.717, 1.165) is 25.8 Å². The predicted octanol–water partition coefficient (Wildman–Crippen LogP) is 3.80. The molecule has 0 aliphatic carbocycles. The number of hydrogen-bond donors (Lipinski definition) is 0. The third-order valence-electron chi connectivity index (χ3n) is 3.24. The molecule has 0 atom stereocenters. The molecule has 1 aromatic carbocycles. The van der Waals surface area contributed by atoms with E-state index < -0.39 is 0 Å². The van der Waals surface area contributed by atoms with Gasteiger partial charge in [-0.15, -0.1) is 11.6 Å². The van der Waals surface area contributed by atoms with Crippen molar-refractivity contribution in [2.45, 2.75) is 39.5 Å². The fraction of sp³-hybridized carbons (Fsp3) is 0.562. The molecule has 0 saturated carbocycles. The summed E-state index contributed by atoms with van der Waals surface area (Å²) in [5.41, 5.74) is 2.47. The van der Waals surface area contributed by atoms with Crippen molar-refractivity contribution in [1.29, 1.82) is 0 Å². The van der Waals surface area contributed by atoms with E-state index in [1.54, 1.807) is 0 Å². The average molecular weight is 282 g/mol. The van der Waals surface area contributed by atoms with Crippen molar-refractivity contribution in [2.24, 2.45) is 0 Å². The number of amides is 1. The number of aryl methyl sites for hydroxylation is 2. The first kappa shape index (κ1) is 16.0. The Balaban J connectivity index is 2.44. The molecular weight excluding hydrogens is 258 g/mol. The van der Waals surface area contributed by atoms with Gasteiger partial charge in [0.2, 0.25) is 5.91 Å². The molecular formula is C16H24ClNO. The molecule has 0 aliphatic rings. The molecule has 2 nitrogen and oxygen atoms in total. The molecule has 0 saturated heterocycles. The lowest BCUT2D eigenvalue weighted by molar-refractivity contribution is -0.131. The minimum atomic E-state index is 0.217. The van der Waals surface area contributed by atoms with Gasteiger partial charge in [-0.2, -0.15) is 0 Å². The molecule has 0 spiro atoms. The van der Waals surface area contributed by atoms with Gasteiger partial charge in [-0.3, -0.25) is 4.79 Å². The summed E-state index contributed by atoms with van der Waals surface area (Å²) < 4.78 is 0. The number of hydrogen-bond acceptors (Lipinski definition) is 1. The van der Waals surface area contributed by atoms with Gasteiger partial charge in [-0.05, 0) is 25.3 Å². The molecule has 0 aliphatic heterocycles. The highest BCUT2D eigenvalue weighted by Gasteiger charge is 2.12. The number of halogens is 1. The van der Waals surface area contributed by atoms with Gasteiger partial charge in [-0.1, -0.05) is 43.2 Å². The average Bonchev–Trinajstić information content (AvgIpc) is 2.42. The van der Waals surface area contributed by atoms with Crippen LogP contribution in [0.15, 0.2) is 24.3 Å². The lowest BCUT2D eigenvalue weighted by Gasteiger charge is -2.21. The minimum Gasteiger partial charge on any atom is -0.341 e. The number of rotatable bonds is 8. The largest absolute Gasteiger partial charge is 0.341 e. The molecule has 0 unspecified atom stereocenters. The zero-order valence-electron chi connectivity index (χ0n) is 12.0. The normalized spacial score (nSPS) is 10.5. The van der Waals surface area contributed by atoms with Crippen LogP contribution in [0.5, 0.6) is 0 Å². The van der Waals surface area contributed by atoms with Gasteiger partial charge >= 0.3 is 0 Å². The maximum absolute atomic E-state index is 12.1. The summed E-state index contributed by atoms with van der Waals surface area (Å²) in [6.45, 7) is 5.70. The highest BCUT2D eigenvalue weighted by molar-refractivity contribution is 6.18. The van der Waals surface area contributed by atoms with Gasteiger partial charge in [-0.25, -0.2) is 0 Å². The molecule has 0 aromatic heterocycles. The Kier molecular flexibility index (Phi) is 7.57. The molecule has 0 heterocycles. The highest BCUT2D eigenvalue weighted by atomic mass is 35.5. The lowest BCUT2D eigenvalue weighted by Crippen LogP contribution is -2.33. The zero-order chi connectivity index (χ0) is 14.1. The first-order valence-electron chi connectivity index (χ1n) is 7.06. The van der Waals surface area contributed by atoms with Gasteiger partial charge < -0.3 is 4.90 Å². The fourth-order valence-corrected chi connectivity index (χ4v) is 2.18. The number of alkyl halides is 1. The highest BCUT2D eigenvalue weighted by Crippen LogP contribution is 2.08. The molecule has 0 N–H and O–H groups in total. The Morgan fingerprint density at radius 2 is 1.89 bits per heavy atom. The van der Waals surface area contributed by atoms with Gasteiger partial charge in [0.05, 0.1) is 0 Å². The molecule has 1 aromatic rings. The maximum Gasteiger partial charge on any atom is 0.222 e. The van der Waals surface area contributed by atoms with Crippen molar-refractivity contribution < 1.29 is 4.79 Å². The Labute approximate surface area is 121 Å². The van der Waals surface area contributed by atoms with E-state index in [1.807, 2.05) is 4.90 Å². The molecule has 19 heavy (non-hydrogen) atoms. The van der Waals surface area contributed by atoms with E-state index in [2.05, 4.69) is 38.1 Å². The van der Waals surface area contributed by atoms with Gasteiger partial charge in [0.15, 0.2) is 0 Å². The number of unbranched alkanes of at least 4 members (excludes halogenated alkanes) is 1. The third kappa shape index (κ3) is 6.11. The number of carbonyl (C=O) groups is 1. The minimum absolute atomic E-state index is 0.217. The van der Waals surface area contributed by atoms with Crippen LogP contribution in [-0.2, 0) is 11.2 Å². The van der Waals surface area contributed by atoms with Crippen molar-refractivity contribution in [2.75, 3.05) is 19.0 Å². The van der Waals surface area contributed by atoms with Gasteiger partial charge in [0, 0.05) is 25.4 Å². The van der Waals surface area contributed by atoms with E-state index in [1.165, 1.54) is 11.1 Å². The second kappa shape index (κ2) is 8.98. The van der Waals surface area contributed by atoms with Crippen molar-refractivity contribution in [1.82, 2.24) is 4.90 Å². The monoisotopic (exact) mass is 281 g/mol. The maximum atomic E-state index is 12.1. The third-order valence-corrected chi connectivity index (χ3v) is 3.41. The Morgan fingerprint density at radius 3 is 2.47 bits per heavy atom. The second-order valence-electron chi connectivity index (χ2n) is 4.91. The molecule has 3 heteroatoms. The summed E-state index contributed by atoms with van der Waals surface area (Å²) >= 11 is 5.76. The van der Waals surface area contributed by atoms with Gasteiger partial charge in [0.1, 0.15) is 0 Å². The smallest absolute Gasteiger partial charge is 0.222 e. The van der Waals surface area contributed by atoms with Crippen LogP contribution in [0, 0.1) is 6.92 Å². The molecule has 1 amide bonds. The summed E-state index contributed by atoms with van der Waals surface area (Å²) in [5, 5.41) is 0. The number of carbonyl (C=O) groups excluding carboxylic acids is 1. The second-order valence-corrected chi connectivity index (χ2v) is 5.29.